The zero-order valence-corrected chi connectivity index (χ0v) is 12.7. The van der Waals surface area contributed by atoms with Crippen LogP contribution in [0.15, 0.2) is 36.5 Å². The summed E-state index contributed by atoms with van der Waals surface area (Å²) in [5.41, 5.74) is 3.03. The summed E-state index contributed by atoms with van der Waals surface area (Å²) in [4.78, 5) is 29.3. The van der Waals surface area contributed by atoms with Crippen molar-refractivity contribution in [3.8, 4) is 11.3 Å². The van der Waals surface area contributed by atoms with Crippen molar-refractivity contribution in [3.63, 3.8) is 0 Å². The number of carboxylic acid groups (broad SMARTS) is 1. The fraction of sp³-hybridized carbons (Fsp3) is 0.235. The number of carboxylic acids is 1. The zero-order valence-electron chi connectivity index (χ0n) is 12.7. The molecule has 118 valence electrons. The molecule has 0 aliphatic carbocycles. The van der Waals surface area contributed by atoms with Crippen molar-refractivity contribution in [1.82, 2.24) is 4.98 Å². The summed E-state index contributed by atoms with van der Waals surface area (Å²) in [5, 5.41) is 9.34. The SMILES string of the molecule is Cc1ccc(-c2cc(C(=O)O)cc(N3CCOCC3=O)c2)nc1. The van der Waals surface area contributed by atoms with Gasteiger partial charge in [0.2, 0.25) is 0 Å². The highest BCUT2D eigenvalue weighted by molar-refractivity contribution is 5.98. The Labute approximate surface area is 133 Å². The number of aryl methyl sites for hydroxylation is 1. The first-order valence-electron chi connectivity index (χ1n) is 7.24. The van der Waals surface area contributed by atoms with Gasteiger partial charge in [-0.2, -0.15) is 0 Å². The Kier molecular flexibility index (Phi) is 4.08. The highest BCUT2D eigenvalue weighted by Gasteiger charge is 2.22. The molecule has 0 unspecified atom stereocenters. The van der Waals surface area contributed by atoms with Crippen molar-refractivity contribution in [1.29, 1.82) is 0 Å². The highest BCUT2D eigenvalue weighted by Crippen LogP contribution is 2.27. The zero-order chi connectivity index (χ0) is 16.4. The Morgan fingerprint density at radius 3 is 2.78 bits per heavy atom. The van der Waals surface area contributed by atoms with Crippen LogP contribution in [0, 0.1) is 6.92 Å². The maximum Gasteiger partial charge on any atom is 0.335 e. The monoisotopic (exact) mass is 312 g/mol. The molecule has 1 N–H and O–H groups in total. The first kappa shape index (κ1) is 15.2. The minimum Gasteiger partial charge on any atom is -0.478 e. The minimum atomic E-state index is -1.04. The molecule has 23 heavy (non-hydrogen) atoms. The molecule has 3 rings (SSSR count). The molecule has 0 radical (unpaired) electrons. The van der Waals surface area contributed by atoms with Gasteiger partial charge >= 0.3 is 5.97 Å². The number of pyridine rings is 1. The average Bonchev–Trinajstić information content (AvgIpc) is 2.55. The van der Waals surface area contributed by atoms with Crippen molar-refractivity contribution >= 4 is 17.6 Å². The van der Waals surface area contributed by atoms with Crippen molar-refractivity contribution in [2.75, 3.05) is 24.7 Å². The van der Waals surface area contributed by atoms with Crippen LogP contribution in [0.2, 0.25) is 0 Å². The summed E-state index contributed by atoms with van der Waals surface area (Å²) in [6.45, 7) is 2.78. The predicted molar refractivity (Wildman–Crippen MR) is 84.5 cm³/mol. The molecule has 2 aromatic rings. The van der Waals surface area contributed by atoms with E-state index in [1.54, 1.807) is 23.2 Å². The molecule has 2 heterocycles. The molecule has 0 spiro atoms. The van der Waals surface area contributed by atoms with Crippen LogP contribution in [0.4, 0.5) is 5.69 Å². The van der Waals surface area contributed by atoms with E-state index in [0.29, 0.717) is 30.1 Å². The third-order valence-corrected chi connectivity index (χ3v) is 3.67. The fourth-order valence-electron chi connectivity index (χ4n) is 2.47. The van der Waals surface area contributed by atoms with Gasteiger partial charge in [0.25, 0.3) is 5.91 Å². The van der Waals surface area contributed by atoms with Crippen LogP contribution in [0.25, 0.3) is 11.3 Å². The number of aromatic carboxylic acids is 1. The predicted octanol–water partition coefficient (Wildman–Crippen LogP) is 2.12. The number of carbonyl (C=O) groups excluding carboxylic acids is 1. The van der Waals surface area contributed by atoms with Crippen LogP contribution in [0.3, 0.4) is 0 Å². The van der Waals surface area contributed by atoms with E-state index in [-0.39, 0.29) is 18.1 Å². The van der Waals surface area contributed by atoms with E-state index in [0.717, 1.165) is 5.56 Å². The Balaban J connectivity index is 2.07. The number of hydrogen-bond donors (Lipinski definition) is 1. The van der Waals surface area contributed by atoms with E-state index in [1.807, 2.05) is 19.1 Å². The fourth-order valence-corrected chi connectivity index (χ4v) is 2.47. The molecule has 1 saturated heterocycles. The number of rotatable bonds is 3. The number of benzene rings is 1. The third-order valence-electron chi connectivity index (χ3n) is 3.67. The molecule has 0 atom stereocenters. The first-order chi connectivity index (χ1) is 11.0. The van der Waals surface area contributed by atoms with Gasteiger partial charge in [0.05, 0.1) is 17.9 Å². The van der Waals surface area contributed by atoms with E-state index in [4.69, 9.17) is 4.74 Å². The van der Waals surface area contributed by atoms with Crippen LogP contribution in [0.5, 0.6) is 0 Å². The van der Waals surface area contributed by atoms with Gasteiger partial charge in [0.1, 0.15) is 6.61 Å². The van der Waals surface area contributed by atoms with Crippen molar-refractivity contribution in [3.05, 3.63) is 47.7 Å². The summed E-state index contributed by atoms with van der Waals surface area (Å²) < 4.78 is 5.12. The Morgan fingerprint density at radius 2 is 2.13 bits per heavy atom. The van der Waals surface area contributed by atoms with Crippen molar-refractivity contribution < 1.29 is 19.4 Å². The highest BCUT2D eigenvalue weighted by atomic mass is 16.5. The Morgan fingerprint density at radius 1 is 1.30 bits per heavy atom. The number of aromatic nitrogens is 1. The minimum absolute atomic E-state index is 0.00934. The second-order valence-corrected chi connectivity index (χ2v) is 5.39. The molecular weight excluding hydrogens is 296 g/mol. The number of hydrogen-bond acceptors (Lipinski definition) is 4. The molecule has 1 aromatic carbocycles. The lowest BCUT2D eigenvalue weighted by Gasteiger charge is -2.27. The number of nitrogens with zero attached hydrogens (tertiary/aromatic N) is 2. The number of anilines is 1. The quantitative estimate of drug-likeness (QED) is 0.939. The molecule has 6 nitrogen and oxygen atoms in total. The van der Waals surface area contributed by atoms with E-state index >= 15 is 0 Å². The van der Waals surface area contributed by atoms with Crippen LogP contribution < -0.4 is 4.90 Å². The molecule has 6 heteroatoms. The lowest BCUT2D eigenvalue weighted by Crippen LogP contribution is -2.41. The van der Waals surface area contributed by atoms with E-state index in [9.17, 15) is 14.7 Å². The van der Waals surface area contributed by atoms with Gasteiger partial charge in [-0.1, -0.05) is 6.07 Å². The van der Waals surface area contributed by atoms with E-state index in [1.165, 1.54) is 6.07 Å². The summed E-state index contributed by atoms with van der Waals surface area (Å²) in [7, 11) is 0. The van der Waals surface area contributed by atoms with E-state index < -0.39 is 5.97 Å². The van der Waals surface area contributed by atoms with Crippen molar-refractivity contribution in [2.24, 2.45) is 0 Å². The lowest BCUT2D eigenvalue weighted by atomic mass is 10.0. The smallest absolute Gasteiger partial charge is 0.335 e. The van der Waals surface area contributed by atoms with Gasteiger partial charge in [-0.3, -0.25) is 9.78 Å². The average molecular weight is 312 g/mol. The van der Waals surface area contributed by atoms with Gasteiger partial charge < -0.3 is 14.7 Å². The van der Waals surface area contributed by atoms with Gasteiger partial charge in [-0.25, -0.2) is 4.79 Å². The second-order valence-electron chi connectivity index (χ2n) is 5.39. The molecule has 0 bridgehead atoms. The molecule has 1 aromatic heterocycles. The van der Waals surface area contributed by atoms with Gasteiger partial charge in [-0.15, -0.1) is 0 Å². The molecular formula is C17H16N2O4. The van der Waals surface area contributed by atoms with E-state index in [2.05, 4.69) is 4.98 Å². The van der Waals surface area contributed by atoms with Crippen LogP contribution in [0.1, 0.15) is 15.9 Å². The summed E-state index contributed by atoms with van der Waals surface area (Å²) in [5.74, 6) is -1.22. The molecule has 1 aliphatic rings. The number of amides is 1. The topological polar surface area (TPSA) is 79.7 Å². The molecule has 1 amide bonds. The number of morpholine rings is 1. The Bertz CT molecular complexity index is 756. The Hall–Kier alpha value is -2.73. The molecule has 0 saturated carbocycles. The van der Waals surface area contributed by atoms with Crippen LogP contribution in [-0.2, 0) is 9.53 Å². The number of carbonyl (C=O) groups is 2. The molecule has 1 fully saturated rings. The summed E-state index contributed by atoms with van der Waals surface area (Å²) >= 11 is 0. The standard InChI is InChI=1S/C17H16N2O4/c1-11-2-3-15(18-9-11)12-6-13(17(21)22)8-14(7-12)19-4-5-23-10-16(19)20/h2-3,6-9H,4-5,10H2,1H3,(H,21,22). The second kappa shape index (κ2) is 6.18. The first-order valence-corrected chi connectivity index (χ1v) is 7.24. The largest absolute Gasteiger partial charge is 0.478 e. The number of ether oxygens (including phenoxy) is 1. The van der Waals surface area contributed by atoms with Gasteiger partial charge in [-0.05, 0) is 36.8 Å². The lowest BCUT2D eigenvalue weighted by molar-refractivity contribution is -0.125. The molecule has 1 aliphatic heterocycles. The summed E-state index contributed by atoms with van der Waals surface area (Å²) in [6.07, 6.45) is 1.72. The summed E-state index contributed by atoms with van der Waals surface area (Å²) in [6, 6.07) is 8.60. The van der Waals surface area contributed by atoms with Crippen molar-refractivity contribution in [2.45, 2.75) is 6.92 Å². The normalized spacial score (nSPS) is 14.8. The maximum absolute atomic E-state index is 12.0. The maximum atomic E-state index is 12.0. The van der Waals surface area contributed by atoms with Crippen LogP contribution in [-0.4, -0.2) is 41.7 Å². The van der Waals surface area contributed by atoms with Gasteiger partial charge in [0, 0.05) is 24.0 Å². The van der Waals surface area contributed by atoms with Gasteiger partial charge in [0.15, 0.2) is 0 Å². The third kappa shape index (κ3) is 3.22. The van der Waals surface area contributed by atoms with Crippen LogP contribution >= 0.6 is 0 Å².